The van der Waals surface area contributed by atoms with E-state index in [2.05, 4.69) is 19.2 Å². The fraction of sp³-hybridized carbons (Fsp3) is 0.571. The van der Waals surface area contributed by atoms with E-state index in [9.17, 15) is 8.42 Å². The molecule has 0 saturated heterocycles. The largest absolute Gasteiger partial charge is 0.314 e. The summed E-state index contributed by atoms with van der Waals surface area (Å²) >= 11 is 0. The standard InChI is InChI=1S/C14H23NO2S/c1-4-10-15-12(3)11-13-6-8-14(9-7-13)18(16,17)5-2/h6-9,12,15H,4-5,10-11H2,1-3H3. The van der Waals surface area contributed by atoms with Crippen LogP contribution in [0.2, 0.25) is 0 Å². The quantitative estimate of drug-likeness (QED) is 0.827. The molecule has 3 nitrogen and oxygen atoms in total. The Morgan fingerprint density at radius 1 is 1.17 bits per heavy atom. The summed E-state index contributed by atoms with van der Waals surface area (Å²) < 4.78 is 23.3. The van der Waals surface area contributed by atoms with Gasteiger partial charge in [0.25, 0.3) is 0 Å². The molecule has 0 bridgehead atoms. The van der Waals surface area contributed by atoms with Crippen LogP contribution < -0.4 is 5.32 Å². The van der Waals surface area contributed by atoms with Gasteiger partial charge >= 0.3 is 0 Å². The van der Waals surface area contributed by atoms with Gasteiger partial charge in [0.15, 0.2) is 9.84 Å². The molecule has 1 atom stereocenters. The van der Waals surface area contributed by atoms with Crippen LogP contribution in [0.15, 0.2) is 29.2 Å². The highest BCUT2D eigenvalue weighted by atomic mass is 32.2. The minimum Gasteiger partial charge on any atom is -0.314 e. The second-order valence-electron chi connectivity index (χ2n) is 4.61. The van der Waals surface area contributed by atoms with Gasteiger partial charge in [0.05, 0.1) is 10.6 Å². The molecule has 1 rings (SSSR count). The zero-order valence-electron chi connectivity index (χ0n) is 11.4. The van der Waals surface area contributed by atoms with Crippen molar-refractivity contribution in [3.63, 3.8) is 0 Å². The first kappa shape index (κ1) is 15.2. The summed E-state index contributed by atoms with van der Waals surface area (Å²) in [6.07, 6.45) is 2.05. The first-order valence-electron chi connectivity index (χ1n) is 6.54. The molecule has 0 radical (unpaired) electrons. The molecule has 1 unspecified atom stereocenters. The van der Waals surface area contributed by atoms with Gasteiger partial charge in [-0.15, -0.1) is 0 Å². The van der Waals surface area contributed by atoms with Crippen LogP contribution >= 0.6 is 0 Å². The van der Waals surface area contributed by atoms with E-state index >= 15 is 0 Å². The lowest BCUT2D eigenvalue weighted by Gasteiger charge is -2.13. The average molecular weight is 269 g/mol. The van der Waals surface area contributed by atoms with Crippen molar-refractivity contribution >= 4 is 9.84 Å². The van der Waals surface area contributed by atoms with Gasteiger partial charge in [-0.3, -0.25) is 0 Å². The van der Waals surface area contributed by atoms with Crippen LogP contribution in [0.3, 0.4) is 0 Å². The molecule has 1 aromatic rings. The Hall–Kier alpha value is -0.870. The molecule has 0 aliphatic heterocycles. The summed E-state index contributed by atoms with van der Waals surface area (Å²) in [6, 6.07) is 7.65. The Kier molecular flexibility index (Phi) is 5.82. The van der Waals surface area contributed by atoms with Gasteiger partial charge in [0, 0.05) is 6.04 Å². The van der Waals surface area contributed by atoms with Crippen molar-refractivity contribution in [2.75, 3.05) is 12.3 Å². The molecule has 0 aliphatic rings. The first-order valence-corrected chi connectivity index (χ1v) is 8.20. The monoisotopic (exact) mass is 269 g/mol. The van der Waals surface area contributed by atoms with E-state index in [1.165, 1.54) is 5.56 Å². The average Bonchev–Trinajstić information content (AvgIpc) is 2.37. The number of hydrogen-bond donors (Lipinski definition) is 1. The SMILES string of the molecule is CCCNC(C)Cc1ccc(S(=O)(=O)CC)cc1. The molecule has 0 heterocycles. The van der Waals surface area contributed by atoms with Crippen molar-refractivity contribution in [1.82, 2.24) is 5.32 Å². The van der Waals surface area contributed by atoms with Crippen molar-refractivity contribution in [1.29, 1.82) is 0 Å². The Bertz CT molecular complexity index is 451. The van der Waals surface area contributed by atoms with E-state index < -0.39 is 9.84 Å². The highest BCUT2D eigenvalue weighted by Crippen LogP contribution is 2.13. The van der Waals surface area contributed by atoms with Crippen molar-refractivity contribution in [3.8, 4) is 0 Å². The van der Waals surface area contributed by atoms with Crippen molar-refractivity contribution in [2.45, 2.75) is 44.6 Å². The zero-order valence-corrected chi connectivity index (χ0v) is 12.3. The van der Waals surface area contributed by atoms with E-state index in [0.717, 1.165) is 19.4 Å². The maximum atomic E-state index is 11.7. The second kappa shape index (κ2) is 6.90. The molecule has 1 N–H and O–H groups in total. The van der Waals surface area contributed by atoms with Gasteiger partial charge in [-0.2, -0.15) is 0 Å². The maximum absolute atomic E-state index is 11.7. The Morgan fingerprint density at radius 3 is 2.28 bits per heavy atom. The lowest BCUT2D eigenvalue weighted by atomic mass is 10.1. The number of benzene rings is 1. The third-order valence-electron chi connectivity index (χ3n) is 2.95. The topological polar surface area (TPSA) is 46.2 Å². The van der Waals surface area contributed by atoms with Crippen LogP contribution in [0.5, 0.6) is 0 Å². The number of rotatable bonds is 7. The van der Waals surface area contributed by atoms with E-state index in [1.54, 1.807) is 19.1 Å². The van der Waals surface area contributed by atoms with Crippen LogP contribution in [-0.4, -0.2) is 26.8 Å². The Balaban J connectivity index is 2.66. The third-order valence-corrected chi connectivity index (χ3v) is 4.70. The van der Waals surface area contributed by atoms with E-state index in [-0.39, 0.29) is 5.75 Å². The van der Waals surface area contributed by atoms with Gasteiger partial charge in [-0.05, 0) is 44.0 Å². The fourth-order valence-corrected chi connectivity index (χ4v) is 2.70. The van der Waals surface area contributed by atoms with Gasteiger partial charge in [0.2, 0.25) is 0 Å². The van der Waals surface area contributed by atoms with Crippen LogP contribution in [0.25, 0.3) is 0 Å². The smallest absolute Gasteiger partial charge is 0.178 e. The van der Waals surface area contributed by atoms with E-state index in [1.807, 2.05) is 12.1 Å². The molecule has 0 saturated carbocycles. The summed E-state index contributed by atoms with van der Waals surface area (Å²) in [4.78, 5) is 0.419. The third kappa shape index (κ3) is 4.42. The predicted octanol–water partition coefficient (Wildman–Crippen LogP) is 2.41. The molecule has 0 spiro atoms. The normalized spacial score (nSPS) is 13.5. The molecule has 0 aromatic heterocycles. The molecule has 0 aliphatic carbocycles. The summed E-state index contributed by atoms with van der Waals surface area (Å²) in [7, 11) is -3.07. The predicted molar refractivity (Wildman–Crippen MR) is 75.6 cm³/mol. The minimum absolute atomic E-state index is 0.154. The van der Waals surface area contributed by atoms with Gasteiger partial charge < -0.3 is 5.32 Å². The lowest BCUT2D eigenvalue weighted by Crippen LogP contribution is -2.28. The number of hydrogen-bond acceptors (Lipinski definition) is 3. The van der Waals surface area contributed by atoms with E-state index in [4.69, 9.17) is 0 Å². The van der Waals surface area contributed by atoms with Crippen molar-refractivity contribution in [3.05, 3.63) is 29.8 Å². The summed E-state index contributed by atoms with van der Waals surface area (Å²) in [5, 5.41) is 3.42. The highest BCUT2D eigenvalue weighted by molar-refractivity contribution is 7.91. The van der Waals surface area contributed by atoms with Crippen LogP contribution in [0.4, 0.5) is 0 Å². The van der Waals surface area contributed by atoms with Crippen LogP contribution in [-0.2, 0) is 16.3 Å². The maximum Gasteiger partial charge on any atom is 0.178 e. The molecule has 102 valence electrons. The van der Waals surface area contributed by atoms with Crippen LogP contribution in [0.1, 0.15) is 32.8 Å². The summed E-state index contributed by atoms with van der Waals surface area (Å²) in [5.41, 5.74) is 1.17. The van der Waals surface area contributed by atoms with Crippen molar-refractivity contribution < 1.29 is 8.42 Å². The lowest BCUT2D eigenvalue weighted by molar-refractivity contribution is 0.543. The van der Waals surface area contributed by atoms with Gasteiger partial charge in [-0.1, -0.05) is 26.0 Å². The molecular formula is C14H23NO2S. The summed E-state index contributed by atoms with van der Waals surface area (Å²) in [5.74, 6) is 0.154. The van der Waals surface area contributed by atoms with Gasteiger partial charge in [-0.25, -0.2) is 8.42 Å². The molecule has 4 heteroatoms. The number of sulfone groups is 1. The van der Waals surface area contributed by atoms with Gasteiger partial charge in [0.1, 0.15) is 0 Å². The molecular weight excluding hydrogens is 246 g/mol. The van der Waals surface area contributed by atoms with Crippen LogP contribution in [0, 0.1) is 0 Å². The zero-order chi connectivity index (χ0) is 13.6. The van der Waals surface area contributed by atoms with E-state index in [0.29, 0.717) is 10.9 Å². The molecule has 0 amide bonds. The number of nitrogens with one attached hydrogen (secondary N) is 1. The van der Waals surface area contributed by atoms with Crippen molar-refractivity contribution in [2.24, 2.45) is 0 Å². The molecule has 0 fully saturated rings. The molecule has 18 heavy (non-hydrogen) atoms. The minimum atomic E-state index is -3.07. The Morgan fingerprint density at radius 2 is 1.78 bits per heavy atom. The molecule has 1 aromatic carbocycles. The fourth-order valence-electron chi connectivity index (χ4n) is 1.82. The summed E-state index contributed by atoms with van der Waals surface area (Å²) in [6.45, 7) is 6.97. The Labute approximate surface area is 111 Å². The highest BCUT2D eigenvalue weighted by Gasteiger charge is 2.11. The first-order chi connectivity index (χ1) is 8.49. The second-order valence-corrected chi connectivity index (χ2v) is 6.88.